The summed E-state index contributed by atoms with van der Waals surface area (Å²) in [5, 5.41) is 10.1. The molecular formula is C22H28ClFN4O. The lowest BCUT2D eigenvalue weighted by atomic mass is 9.82. The van der Waals surface area contributed by atoms with Crippen LogP contribution in [0, 0.1) is 11.7 Å². The van der Waals surface area contributed by atoms with E-state index in [9.17, 15) is 4.79 Å². The standard InChI is InChI=1S/C22H28ClFN4O/c1-16(29)27-15-22(18-8-12-26-13-9-18,21-19(23)3-2-4-20(21)24)28-14-7-17-5-10-25-11-6-17/h2-4,8-9,12-13,17,25,28H,5-7,10-11,14-15H2,1H3,(H,27,29). The molecule has 1 fully saturated rings. The summed E-state index contributed by atoms with van der Waals surface area (Å²) in [4.78, 5) is 15.9. The van der Waals surface area contributed by atoms with E-state index in [1.54, 1.807) is 24.5 Å². The van der Waals surface area contributed by atoms with E-state index >= 15 is 4.39 Å². The number of amides is 1. The third-order valence-corrected chi connectivity index (χ3v) is 5.92. The van der Waals surface area contributed by atoms with E-state index in [0.717, 1.165) is 37.9 Å². The highest BCUT2D eigenvalue weighted by Crippen LogP contribution is 2.36. The Morgan fingerprint density at radius 2 is 2.00 bits per heavy atom. The minimum atomic E-state index is -0.996. The third kappa shape index (κ3) is 5.32. The van der Waals surface area contributed by atoms with E-state index in [1.807, 2.05) is 12.1 Å². The van der Waals surface area contributed by atoms with Crippen LogP contribution in [0.1, 0.15) is 37.3 Å². The van der Waals surface area contributed by atoms with Gasteiger partial charge in [0, 0.05) is 36.4 Å². The second-order valence-electron chi connectivity index (χ2n) is 7.56. The number of hydrogen-bond acceptors (Lipinski definition) is 4. The number of carbonyl (C=O) groups excluding carboxylic acids is 1. The van der Waals surface area contributed by atoms with Crippen molar-refractivity contribution in [2.45, 2.75) is 31.7 Å². The lowest BCUT2D eigenvalue weighted by molar-refractivity contribution is -0.119. The van der Waals surface area contributed by atoms with Crippen molar-refractivity contribution in [2.24, 2.45) is 5.92 Å². The van der Waals surface area contributed by atoms with Gasteiger partial charge < -0.3 is 16.0 Å². The topological polar surface area (TPSA) is 66.1 Å². The maximum atomic E-state index is 15.1. The zero-order valence-electron chi connectivity index (χ0n) is 16.7. The van der Waals surface area contributed by atoms with Gasteiger partial charge in [-0.05, 0) is 74.6 Å². The quantitative estimate of drug-likeness (QED) is 0.615. The zero-order valence-corrected chi connectivity index (χ0v) is 17.4. The van der Waals surface area contributed by atoms with E-state index in [0.29, 0.717) is 23.0 Å². The van der Waals surface area contributed by atoms with Gasteiger partial charge in [-0.2, -0.15) is 0 Å². The van der Waals surface area contributed by atoms with Crippen molar-refractivity contribution in [3.63, 3.8) is 0 Å². The van der Waals surface area contributed by atoms with Gasteiger partial charge in [0.2, 0.25) is 5.91 Å². The Morgan fingerprint density at radius 3 is 2.66 bits per heavy atom. The normalized spacial score (nSPS) is 16.9. The fraction of sp³-hybridized carbons (Fsp3) is 0.455. The molecule has 3 N–H and O–H groups in total. The number of carbonyl (C=O) groups is 1. The van der Waals surface area contributed by atoms with Gasteiger partial charge >= 0.3 is 0 Å². The number of pyridine rings is 1. The monoisotopic (exact) mass is 418 g/mol. The van der Waals surface area contributed by atoms with E-state index in [4.69, 9.17) is 11.6 Å². The number of benzene rings is 1. The molecule has 1 saturated heterocycles. The highest BCUT2D eigenvalue weighted by Gasteiger charge is 2.38. The number of nitrogens with zero attached hydrogens (tertiary/aromatic N) is 1. The van der Waals surface area contributed by atoms with E-state index < -0.39 is 11.4 Å². The van der Waals surface area contributed by atoms with Crippen LogP contribution in [0.4, 0.5) is 4.39 Å². The van der Waals surface area contributed by atoms with Crippen molar-refractivity contribution in [2.75, 3.05) is 26.2 Å². The van der Waals surface area contributed by atoms with Crippen LogP contribution in [0.3, 0.4) is 0 Å². The average molecular weight is 419 g/mol. The van der Waals surface area contributed by atoms with Crippen molar-refractivity contribution >= 4 is 17.5 Å². The molecule has 0 bridgehead atoms. The molecule has 7 heteroatoms. The maximum absolute atomic E-state index is 15.1. The van der Waals surface area contributed by atoms with Crippen LogP contribution < -0.4 is 16.0 Å². The van der Waals surface area contributed by atoms with Crippen molar-refractivity contribution in [1.82, 2.24) is 20.9 Å². The Kier molecular flexibility index (Phi) is 7.58. The molecule has 0 spiro atoms. The Balaban J connectivity index is 1.98. The van der Waals surface area contributed by atoms with Gasteiger partial charge in [-0.3, -0.25) is 9.78 Å². The molecule has 1 unspecified atom stereocenters. The van der Waals surface area contributed by atoms with E-state index in [-0.39, 0.29) is 12.5 Å². The number of nitrogens with one attached hydrogen (secondary N) is 3. The predicted molar refractivity (Wildman–Crippen MR) is 113 cm³/mol. The molecule has 156 valence electrons. The number of aromatic nitrogens is 1. The summed E-state index contributed by atoms with van der Waals surface area (Å²) in [6, 6.07) is 8.34. The van der Waals surface area contributed by atoms with Crippen molar-refractivity contribution in [1.29, 1.82) is 0 Å². The Labute approximate surface area is 176 Å². The molecule has 0 aliphatic carbocycles. The first kappa shape index (κ1) is 21.7. The highest BCUT2D eigenvalue weighted by molar-refractivity contribution is 6.31. The van der Waals surface area contributed by atoms with Gasteiger partial charge in [0.1, 0.15) is 5.82 Å². The van der Waals surface area contributed by atoms with Crippen LogP contribution in [0.25, 0.3) is 0 Å². The lowest BCUT2D eigenvalue weighted by Gasteiger charge is -2.38. The second kappa shape index (κ2) is 10.1. The van der Waals surface area contributed by atoms with Gasteiger partial charge in [0.05, 0.1) is 5.54 Å². The van der Waals surface area contributed by atoms with Gasteiger partial charge in [-0.25, -0.2) is 4.39 Å². The molecule has 1 aromatic carbocycles. The average Bonchev–Trinajstić information content (AvgIpc) is 2.73. The third-order valence-electron chi connectivity index (χ3n) is 5.60. The van der Waals surface area contributed by atoms with E-state index in [2.05, 4.69) is 20.9 Å². The summed E-state index contributed by atoms with van der Waals surface area (Å²) < 4.78 is 15.1. The van der Waals surface area contributed by atoms with Gasteiger partial charge in [-0.15, -0.1) is 0 Å². The number of rotatable bonds is 8. The largest absolute Gasteiger partial charge is 0.354 e. The minimum Gasteiger partial charge on any atom is -0.354 e. The Bertz CT molecular complexity index is 793. The van der Waals surface area contributed by atoms with Crippen LogP contribution in [0.5, 0.6) is 0 Å². The highest BCUT2D eigenvalue weighted by atomic mass is 35.5. The fourth-order valence-corrected chi connectivity index (χ4v) is 4.37. The first-order valence-electron chi connectivity index (χ1n) is 10.1. The molecule has 1 amide bonds. The van der Waals surface area contributed by atoms with Gasteiger partial charge in [0.25, 0.3) is 0 Å². The SMILES string of the molecule is CC(=O)NCC(NCCC1CCNCC1)(c1ccncc1)c1c(F)cccc1Cl. The first-order valence-corrected chi connectivity index (χ1v) is 10.5. The molecule has 0 radical (unpaired) electrons. The molecule has 1 atom stereocenters. The molecule has 3 rings (SSSR count). The van der Waals surface area contributed by atoms with Crippen molar-refractivity contribution in [3.8, 4) is 0 Å². The van der Waals surface area contributed by atoms with Gasteiger partial charge in [-0.1, -0.05) is 17.7 Å². The summed E-state index contributed by atoms with van der Waals surface area (Å²) in [5.74, 6) is 0.0285. The Morgan fingerprint density at radius 1 is 1.28 bits per heavy atom. The van der Waals surface area contributed by atoms with Crippen LogP contribution in [-0.2, 0) is 10.3 Å². The number of piperidine rings is 1. The van der Waals surface area contributed by atoms with E-state index in [1.165, 1.54) is 13.0 Å². The molecule has 5 nitrogen and oxygen atoms in total. The summed E-state index contributed by atoms with van der Waals surface area (Å²) in [6.45, 7) is 4.38. The van der Waals surface area contributed by atoms with Crippen molar-refractivity contribution in [3.05, 3.63) is 64.7 Å². The summed E-state index contributed by atoms with van der Waals surface area (Å²) in [6.07, 6.45) is 6.58. The lowest BCUT2D eigenvalue weighted by Crippen LogP contribution is -2.53. The Hall–Kier alpha value is -2.02. The molecule has 29 heavy (non-hydrogen) atoms. The first-order chi connectivity index (χ1) is 14.0. The molecule has 2 heterocycles. The molecule has 1 aliphatic rings. The number of halogens is 2. The molecule has 1 aromatic heterocycles. The zero-order chi connectivity index (χ0) is 20.7. The van der Waals surface area contributed by atoms with Crippen LogP contribution in [-0.4, -0.2) is 37.1 Å². The molecule has 0 saturated carbocycles. The number of hydrogen-bond donors (Lipinski definition) is 3. The second-order valence-corrected chi connectivity index (χ2v) is 7.96. The van der Waals surface area contributed by atoms with Gasteiger partial charge in [0.15, 0.2) is 0 Å². The summed E-state index contributed by atoms with van der Waals surface area (Å²) in [5.41, 5.74) is 0.148. The van der Waals surface area contributed by atoms with Crippen LogP contribution in [0.15, 0.2) is 42.7 Å². The maximum Gasteiger partial charge on any atom is 0.216 e. The molecule has 1 aliphatic heterocycles. The summed E-state index contributed by atoms with van der Waals surface area (Å²) >= 11 is 6.49. The summed E-state index contributed by atoms with van der Waals surface area (Å²) in [7, 11) is 0. The predicted octanol–water partition coefficient (Wildman–Crippen LogP) is 3.23. The smallest absolute Gasteiger partial charge is 0.216 e. The van der Waals surface area contributed by atoms with Crippen LogP contribution in [0.2, 0.25) is 5.02 Å². The van der Waals surface area contributed by atoms with Crippen molar-refractivity contribution < 1.29 is 9.18 Å². The fourth-order valence-electron chi connectivity index (χ4n) is 4.05. The van der Waals surface area contributed by atoms with Crippen LogP contribution >= 0.6 is 11.6 Å². The minimum absolute atomic E-state index is 0.180. The molecular weight excluding hydrogens is 391 g/mol. The molecule has 2 aromatic rings.